The number of H-pyrrole nitrogens is 2. The average Bonchev–Trinajstić information content (AvgIpc) is 3.32. The first-order valence-electron chi connectivity index (χ1n) is 10.1. The maximum atomic E-state index is 13.1. The summed E-state index contributed by atoms with van der Waals surface area (Å²) in [5, 5.41) is 46.3. The summed E-state index contributed by atoms with van der Waals surface area (Å²) in [7, 11) is 0. The highest BCUT2D eigenvalue weighted by Crippen LogP contribution is 2.28. The van der Waals surface area contributed by atoms with Crippen LogP contribution in [0, 0.1) is 11.6 Å². The van der Waals surface area contributed by atoms with Crippen LogP contribution in [0.1, 0.15) is 18.9 Å². The van der Waals surface area contributed by atoms with Crippen molar-refractivity contribution in [3.05, 3.63) is 65.7 Å². The molecule has 2 aliphatic rings. The number of hydrogen-bond acceptors (Lipinski definition) is 11. The molecule has 7 atom stereocenters. The fraction of sp³-hybridized carbons (Fsp3) is 0.556. The van der Waals surface area contributed by atoms with Gasteiger partial charge in [-0.1, -0.05) is 0 Å². The smallest absolute Gasteiger partial charge is 0.330 e. The summed E-state index contributed by atoms with van der Waals surface area (Å²) < 4.78 is 37.7. The lowest BCUT2D eigenvalue weighted by atomic mass is 10.1. The van der Waals surface area contributed by atoms with Gasteiger partial charge < -0.3 is 35.0 Å². The number of ether oxygens (including phenoxy) is 2. The zero-order valence-corrected chi connectivity index (χ0v) is 17.7. The zero-order chi connectivity index (χ0) is 26.0. The molecular formula is C18H22F2N4O11. The van der Waals surface area contributed by atoms with Gasteiger partial charge in [-0.3, -0.25) is 28.7 Å². The minimum atomic E-state index is -1.52. The molecule has 2 aliphatic heterocycles. The predicted molar refractivity (Wildman–Crippen MR) is 107 cm³/mol. The van der Waals surface area contributed by atoms with E-state index in [1.165, 1.54) is 0 Å². The van der Waals surface area contributed by atoms with E-state index in [1.54, 1.807) is 9.97 Å². The standard InChI is InChI=1S/C9H11FN2O6.C9H11FN2O5/c10-3-1-12(9(17)11-7(3)16)8-6(15)5(14)4(2-13)18-8;10-4-2-12(9(16)11-8(4)15)7-1-5(14)6(3-13)17-7/h1,4-6,8,13-15H,2H2,(H,11,16,17);2,5-7,13-14H,1,3H2,(H,11,15,16)/t4-,5-,6-,8-;5-,6+,7+/m10/s1. The van der Waals surface area contributed by atoms with Crippen LogP contribution >= 0.6 is 0 Å². The molecule has 0 radical (unpaired) electrons. The van der Waals surface area contributed by atoms with Crippen LogP contribution in [0.4, 0.5) is 8.78 Å². The van der Waals surface area contributed by atoms with Gasteiger partial charge in [-0.25, -0.2) is 9.59 Å². The number of hydrogen-bond donors (Lipinski definition) is 7. The van der Waals surface area contributed by atoms with Gasteiger partial charge in [0.2, 0.25) is 11.6 Å². The van der Waals surface area contributed by atoms with Crippen LogP contribution in [0.3, 0.4) is 0 Å². The van der Waals surface area contributed by atoms with Crippen LogP contribution < -0.4 is 22.5 Å². The molecule has 0 spiro atoms. The van der Waals surface area contributed by atoms with Crippen LogP contribution in [0.25, 0.3) is 0 Å². The van der Waals surface area contributed by atoms with Crippen molar-refractivity contribution in [3.63, 3.8) is 0 Å². The first kappa shape index (κ1) is 26.5. The van der Waals surface area contributed by atoms with E-state index in [-0.39, 0.29) is 6.42 Å². The number of rotatable bonds is 4. The second kappa shape index (κ2) is 10.7. The van der Waals surface area contributed by atoms with Gasteiger partial charge in [0, 0.05) is 6.42 Å². The molecule has 17 heteroatoms. The first-order chi connectivity index (χ1) is 16.5. The molecule has 15 nitrogen and oxygen atoms in total. The second-order valence-electron chi connectivity index (χ2n) is 7.63. The molecule has 2 saturated heterocycles. The Labute approximate surface area is 192 Å². The number of aromatic nitrogens is 4. The van der Waals surface area contributed by atoms with Gasteiger partial charge in [0.25, 0.3) is 11.1 Å². The van der Waals surface area contributed by atoms with E-state index in [0.29, 0.717) is 10.8 Å². The third kappa shape index (κ3) is 5.45. The molecule has 0 unspecified atom stereocenters. The number of aliphatic hydroxyl groups excluding tert-OH is 5. The lowest BCUT2D eigenvalue weighted by molar-refractivity contribution is -0.0554. The summed E-state index contributed by atoms with van der Waals surface area (Å²) in [5.74, 6) is -2.34. The molecule has 0 saturated carbocycles. The Morgan fingerprint density at radius 1 is 0.829 bits per heavy atom. The molecule has 0 aromatic carbocycles. The lowest BCUT2D eigenvalue weighted by Crippen LogP contribution is -2.38. The molecular weight excluding hydrogens is 486 g/mol. The molecule has 0 amide bonds. The molecule has 2 fully saturated rings. The quantitative estimate of drug-likeness (QED) is 0.208. The Hall–Kier alpha value is -3.06. The van der Waals surface area contributed by atoms with Crippen molar-refractivity contribution in [1.82, 2.24) is 19.1 Å². The summed E-state index contributed by atoms with van der Waals surface area (Å²) in [6.07, 6.45) is -6.74. The molecule has 0 aliphatic carbocycles. The maximum Gasteiger partial charge on any atom is 0.330 e. The van der Waals surface area contributed by atoms with Gasteiger partial charge in [-0.05, 0) is 0 Å². The van der Waals surface area contributed by atoms with E-state index in [4.69, 9.17) is 19.7 Å². The Morgan fingerprint density at radius 2 is 1.34 bits per heavy atom. The van der Waals surface area contributed by atoms with Crippen molar-refractivity contribution in [2.45, 2.75) is 49.4 Å². The van der Waals surface area contributed by atoms with Gasteiger partial charge in [-0.2, -0.15) is 8.78 Å². The van der Waals surface area contributed by atoms with E-state index >= 15 is 0 Å². The third-order valence-electron chi connectivity index (χ3n) is 5.33. The zero-order valence-electron chi connectivity index (χ0n) is 17.7. The Bertz CT molecular complexity index is 1270. The van der Waals surface area contributed by atoms with E-state index in [1.807, 2.05) is 0 Å². The predicted octanol–water partition coefficient (Wildman–Crippen LogP) is -4.40. The number of nitrogens with zero attached hydrogens (tertiary/aromatic N) is 2. The van der Waals surface area contributed by atoms with Gasteiger partial charge >= 0.3 is 11.4 Å². The van der Waals surface area contributed by atoms with Crippen molar-refractivity contribution >= 4 is 0 Å². The summed E-state index contributed by atoms with van der Waals surface area (Å²) >= 11 is 0. The highest BCUT2D eigenvalue weighted by atomic mass is 19.1. The minimum Gasteiger partial charge on any atom is -0.394 e. The summed E-state index contributed by atoms with van der Waals surface area (Å²) in [6, 6.07) is 0. The maximum absolute atomic E-state index is 13.1. The fourth-order valence-corrected chi connectivity index (χ4v) is 3.48. The van der Waals surface area contributed by atoms with E-state index in [9.17, 15) is 43.3 Å². The van der Waals surface area contributed by atoms with Gasteiger partial charge in [0.15, 0.2) is 6.23 Å². The highest BCUT2D eigenvalue weighted by Gasteiger charge is 2.44. The number of aliphatic hydroxyl groups is 5. The summed E-state index contributed by atoms with van der Waals surface area (Å²) in [4.78, 5) is 48.0. The molecule has 4 rings (SSSR count). The van der Waals surface area contributed by atoms with E-state index in [0.717, 1.165) is 10.8 Å². The summed E-state index contributed by atoms with van der Waals surface area (Å²) in [5.41, 5.74) is -4.12. The van der Waals surface area contributed by atoms with Crippen LogP contribution in [-0.4, -0.2) is 88.4 Å². The Morgan fingerprint density at radius 3 is 1.83 bits per heavy atom. The van der Waals surface area contributed by atoms with Crippen molar-refractivity contribution in [2.75, 3.05) is 13.2 Å². The highest BCUT2D eigenvalue weighted by molar-refractivity contribution is 4.95. The first-order valence-corrected chi connectivity index (χ1v) is 10.1. The Kier molecular flexibility index (Phi) is 8.11. The number of nitrogens with one attached hydrogen (secondary N) is 2. The molecule has 194 valence electrons. The second-order valence-corrected chi connectivity index (χ2v) is 7.63. The SMILES string of the molecule is O=c1[nH]c(=O)n([C@@H]2O[C@H](CO)[C@@H](O)[C@H]2O)cc1F.O=c1[nH]c(=O)n([C@H]2C[C@H](O)[C@@H](CO)O2)cc1F. The molecule has 4 heterocycles. The number of halogens is 2. The van der Waals surface area contributed by atoms with Crippen molar-refractivity contribution in [2.24, 2.45) is 0 Å². The molecule has 2 aromatic heterocycles. The lowest BCUT2D eigenvalue weighted by Gasteiger charge is -2.16. The van der Waals surface area contributed by atoms with Crippen LogP contribution in [-0.2, 0) is 9.47 Å². The normalized spacial score (nSPS) is 30.2. The van der Waals surface area contributed by atoms with Crippen molar-refractivity contribution < 1.29 is 43.8 Å². The van der Waals surface area contributed by atoms with Gasteiger partial charge in [0.05, 0.1) is 31.7 Å². The van der Waals surface area contributed by atoms with Crippen molar-refractivity contribution in [3.8, 4) is 0 Å². The molecule has 0 bridgehead atoms. The van der Waals surface area contributed by atoms with Crippen molar-refractivity contribution in [1.29, 1.82) is 0 Å². The van der Waals surface area contributed by atoms with E-state index < -0.39 is 90.3 Å². The molecule has 35 heavy (non-hydrogen) atoms. The van der Waals surface area contributed by atoms with E-state index in [2.05, 4.69) is 0 Å². The van der Waals surface area contributed by atoms with Gasteiger partial charge in [0.1, 0.15) is 30.6 Å². The topological polar surface area (TPSA) is 229 Å². The van der Waals surface area contributed by atoms with Crippen LogP contribution in [0.5, 0.6) is 0 Å². The monoisotopic (exact) mass is 508 g/mol. The molecule has 2 aromatic rings. The average molecular weight is 508 g/mol. The van der Waals surface area contributed by atoms with Crippen LogP contribution in [0.15, 0.2) is 31.6 Å². The fourth-order valence-electron chi connectivity index (χ4n) is 3.48. The Balaban J connectivity index is 0.000000196. The summed E-state index contributed by atoms with van der Waals surface area (Å²) in [6.45, 7) is -0.979. The largest absolute Gasteiger partial charge is 0.394 e. The third-order valence-corrected chi connectivity index (χ3v) is 5.33. The molecule has 7 N–H and O–H groups in total. The van der Waals surface area contributed by atoms with Crippen LogP contribution in [0.2, 0.25) is 0 Å². The number of aromatic amines is 2. The van der Waals surface area contributed by atoms with Gasteiger partial charge in [-0.15, -0.1) is 0 Å². The minimum absolute atomic E-state index is 0.0383.